The van der Waals surface area contributed by atoms with Crippen LogP contribution in [0, 0.1) is 0 Å². The summed E-state index contributed by atoms with van der Waals surface area (Å²) in [5.74, 6) is 1.25. The molecule has 0 bridgehead atoms. The maximum atomic E-state index is 9.57. The third kappa shape index (κ3) is 2.77. The van der Waals surface area contributed by atoms with E-state index in [1.54, 1.807) is 17.8 Å². The molecule has 0 spiro atoms. The molecule has 1 nitrogen and oxygen atoms in total. The van der Waals surface area contributed by atoms with Crippen LogP contribution in [0.25, 0.3) is 0 Å². The molecule has 0 aliphatic carbocycles. The molecule has 1 N–H and O–H groups in total. The van der Waals surface area contributed by atoms with Gasteiger partial charge in [-0.3, -0.25) is 0 Å². The summed E-state index contributed by atoms with van der Waals surface area (Å²) < 4.78 is 0. The highest BCUT2D eigenvalue weighted by atomic mass is 32.2. The smallest absolute Gasteiger partial charge is 0.129 e. The van der Waals surface area contributed by atoms with Crippen LogP contribution in [0.2, 0.25) is 0 Å². The van der Waals surface area contributed by atoms with Crippen LogP contribution in [0.4, 0.5) is 0 Å². The number of phenols is 1. The average Bonchev–Trinajstić information content (AvgIpc) is 2.29. The molecule has 0 saturated carbocycles. The fraction of sp³-hybridized carbons (Fsp3) is 0.0769. The number of para-hydroxylation sites is 1. The number of benzene rings is 2. The van der Waals surface area contributed by atoms with Crippen LogP contribution < -0.4 is 0 Å². The summed E-state index contributed by atoms with van der Waals surface area (Å²) in [5.41, 5.74) is 1.27. The predicted octanol–water partition coefficient (Wildman–Crippen LogP) is 3.68. The van der Waals surface area contributed by atoms with E-state index in [1.165, 1.54) is 5.56 Å². The van der Waals surface area contributed by atoms with Gasteiger partial charge in [0.05, 0.1) is 0 Å². The van der Waals surface area contributed by atoms with Gasteiger partial charge in [-0.15, -0.1) is 11.8 Å². The molecular formula is C13H12OS. The van der Waals surface area contributed by atoms with E-state index >= 15 is 0 Å². The van der Waals surface area contributed by atoms with E-state index < -0.39 is 0 Å². The van der Waals surface area contributed by atoms with Crippen molar-refractivity contribution < 1.29 is 5.11 Å². The van der Waals surface area contributed by atoms with Gasteiger partial charge in [-0.05, 0) is 17.7 Å². The summed E-state index contributed by atoms with van der Waals surface area (Å²) in [4.78, 5) is 0.932. The fourth-order valence-corrected chi connectivity index (χ4v) is 2.22. The Morgan fingerprint density at radius 2 is 1.53 bits per heavy atom. The van der Waals surface area contributed by atoms with E-state index in [-0.39, 0.29) is 0 Å². The number of aromatic hydroxyl groups is 1. The lowest BCUT2D eigenvalue weighted by atomic mass is 10.2. The van der Waals surface area contributed by atoms with Crippen molar-refractivity contribution >= 4 is 11.8 Å². The molecule has 0 aromatic heterocycles. The first kappa shape index (κ1) is 10.1. The van der Waals surface area contributed by atoms with Gasteiger partial charge in [0.1, 0.15) is 5.75 Å². The summed E-state index contributed by atoms with van der Waals surface area (Å²) >= 11 is 1.65. The summed E-state index contributed by atoms with van der Waals surface area (Å²) in [6.07, 6.45) is 0. The molecule has 0 atom stereocenters. The van der Waals surface area contributed by atoms with E-state index in [0.717, 1.165) is 10.6 Å². The lowest BCUT2D eigenvalue weighted by molar-refractivity contribution is 0.462. The minimum absolute atomic E-state index is 0.360. The second kappa shape index (κ2) is 4.89. The molecule has 2 aromatic rings. The molecule has 0 saturated heterocycles. The number of hydrogen-bond acceptors (Lipinski definition) is 2. The van der Waals surface area contributed by atoms with Crippen molar-refractivity contribution in [1.29, 1.82) is 0 Å². The molecule has 0 amide bonds. The van der Waals surface area contributed by atoms with Gasteiger partial charge in [0.15, 0.2) is 0 Å². The fourth-order valence-electron chi connectivity index (χ4n) is 1.31. The van der Waals surface area contributed by atoms with Gasteiger partial charge in [0, 0.05) is 10.6 Å². The third-order valence-electron chi connectivity index (χ3n) is 2.10. The van der Waals surface area contributed by atoms with Crippen LogP contribution in [0.3, 0.4) is 0 Å². The zero-order valence-corrected chi connectivity index (χ0v) is 9.08. The summed E-state index contributed by atoms with van der Waals surface area (Å²) in [6.45, 7) is 0. The maximum absolute atomic E-state index is 9.57. The molecule has 0 unspecified atom stereocenters. The number of phenolic OH excluding ortho intramolecular Hbond substituents is 1. The highest BCUT2D eigenvalue weighted by molar-refractivity contribution is 7.98. The van der Waals surface area contributed by atoms with E-state index in [4.69, 9.17) is 0 Å². The van der Waals surface area contributed by atoms with Crippen molar-refractivity contribution in [3.8, 4) is 5.75 Å². The SMILES string of the molecule is Oc1ccccc1SCc1ccccc1. The molecule has 2 aromatic carbocycles. The molecule has 76 valence electrons. The molecule has 0 aliphatic rings. The molecular weight excluding hydrogens is 204 g/mol. The van der Waals surface area contributed by atoms with E-state index in [0.29, 0.717) is 5.75 Å². The van der Waals surface area contributed by atoms with Gasteiger partial charge in [-0.1, -0.05) is 42.5 Å². The Labute approximate surface area is 93.8 Å². The van der Waals surface area contributed by atoms with Crippen molar-refractivity contribution in [2.75, 3.05) is 0 Å². The predicted molar refractivity (Wildman–Crippen MR) is 64.1 cm³/mol. The zero-order chi connectivity index (χ0) is 10.5. The molecule has 0 heterocycles. The van der Waals surface area contributed by atoms with Crippen LogP contribution in [0.1, 0.15) is 5.56 Å². The Bertz CT molecular complexity index is 426. The Balaban J connectivity index is 2.03. The van der Waals surface area contributed by atoms with Gasteiger partial charge in [-0.2, -0.15) is 0 Å². The number of rotatable bonds is 3. The highest BCUT2D eigenvalue weighted by Gasteiger charge is 2.00. The minimum Gasteiger partial charge on any atom is -0.507 e. The average molecular weight is 216 g/mol. The Kier molecular flexibility index (Phi) is 3.30. The molecule has 0 aliphatic heterocycles. The van der Waals surface area contributed by atoms with Crippen molar-refractivity contribution in [3.63, 3.8) is 0 Å². The van der Waals surface area contributed by atoms with Crippen LogP contribution in [0.15, 0.2) is 59.5 Å². The van der Waals surface area contributed by atoms with Gasteiger partial charge < -0.3 is 5.11 Å². The van der Waals surface area contributed by atoms with Crippen LogP contribution in [-0.2, 0) is 5.75 Å². The Morgan fingerprint density at radius 1 is 0.867 bits per heavy atom. The Hall–Kier alpha value is -1.41. The summed E-state index contributed by atoms with van der Waals surface area (Å²) in [6, 6.07) is 17.7. The van der Waals surface area contributed by atoms with Gasteiger partial charge in [0.2, 0.25) is 0 Å². The van der Waals surface area contributed by atoms with Crippen molar-refractivity contribution in [2.45, 2.75) is 10.6 Å². The lowest BCUT2D eigenvalue weighted by Gasteiger charge is -2.03. The van der Waals surface area contributed by atoms with Gasteiger partial charge in [-0.25, -0.2) is 0 Å². The van der Waals surface area contributed by atoms with Crippen LogP contribution >= 0.6 is 11.8 Å². The second-order valence-corrected chi connectivity index (χ2v) is 4.26. The van der Waals surface area contributed by atoms with Crippen molar-refractivity contribution in [2.24, 2.45) is 0 Å². The topological polar surface area (TPSA) is 20.2 Å². The van der Waals surface area contributed by atoms with E-state index in [2.05, 4.69) is 12.1 Å². The van der Waals surface area contributed by atoms with E-state index in [9.17, 15) is 5.11 Å². The minimum atomic E-state index is 0.360. The first-order chi connectivity index (χ1) is 7.36. The largest absolute Gasteiger partial charge is 0.507 e. The zero-order valence-electron chi connectivity index (χ0n) is 8.26. The van der Waals surface area contributed by atoms with Crippen LogP contribution in [0.5, 0.6) is 5.75 Å². The van der Waals surface area contributed by atoms with E-state index in [1.807, 2.05) is 36.4 Å². The van der Waals surface area contributed by atoms with Crippen LogP contribution in [-0.4, -0.2) is 5.11 Å². The molecule has 2 heteroatoms. The maximum Gasteiger partial charge on any atom is 0.129 e. The Morgan fingerprint density at radius 3 is 2.27 bits per heavy atom. The highest BCUT2D eigenvalue weighted by Crippen LogP contribution is 2.30. The molecule has 15 heavy (non-hydrogen) atoms. The molecule has 0 radical (unpaired) electrons. The third-order valence-corrected chi connectivity index (χ3v) is 3.24. The first-order valence-electron chi connectivity index (χ1n) is 4.81. The number of thioether (sulfide) groups is 1. The quantitative estimate of drug-likeness (QED) is 0.790. The van der Waals surface area contributed by atoms with Crippen molar-refractivity contribution in [3.05, 3.63) is 60.2 Å². The monoisotopic (exact) mass is 216 g/mol. The standard InChI is InChI=1S/C13H12OS/c14-12-8-4-5-9-13(12)15-10-11-6-2-1-3-7-11/h1-9,14H,10H2. The van der Waals surface area contributed by atoms with Gasteiger partial charge in [0.25, 0.3) is 0 Å². The number of hydrogen-bond donors (Lipinski definition) is 1. The molecule has 0 fully saturated rings. The van der Waals surface area contributed by atoms with Crippen molar-refractivity contribution in [1.82, 2.24) is 0 Å². The normalized spacial score (nSPS) is 10.1. The van der Waals surface area contributed by atoms with Gasteiger partial charge >= 0.3 is 0 Å². The summed E-state index contributed by atoms with van der Waals surface area (Å²) in [7, 11) is 0. The lowest BCUT2D eigenvalue weighted by Crippen LogP contribution is -1.79. The first-order valence-corrected chi connectivity index (χ1v) is 5.79. The summed E-state index contributed by atoms with van der Waals surface area (Å²) in [5, 5.41) is 9.57. The molecule has 2 rings (SSSR count). The second-order valence-electron chi connectivity index (χ2n) is 3.24.